The Labute approximate surface area is 157 Å². The van der Waals surface area contributed by atoms with E-state index in [-0.39, 0.29) is 12.3 Å². The first-order chi connectivity index (χ1) is 12.7. The number of carbonyl (C=O) groups excluding carboxylic acids is 2. The van der Waals surface area contributed by atoms with Crippen molar-refractivity contribution in [3.05, 3.63) is 35.0 Å². The molecule has 4 N–H and O–H groups in total. The lowest BCUT2D eigenvalue weighted by Gasteiger charge is -2.22. The lowest BCUT2D eigenvalue weighted by atomic mass is 9.93. The van der Waals surface area contributed by atoms with Crippen LogP contribution in [0.25, 0.3) is 10.9 Å². The van der Waals surface area contributed by atoms with Crippen molar-refractivity contribution in [3.8, 4) is 0 Å². The molecule has 27 heavy (non-hydrogen) atoms. The largest absolute Gasteiger partial charge is 0.444 e. The van der Waals surface area contributed by atoms with Crippen molar-refractivity contribution in [3.63, 3.8) is 0 Å². The van der Waals surface area contributed by atoms with E-state index in [1.54, 1.807) is 39.0 Å². The molecule has 1 aromatic carbocycles. The van der Waals surface area contributed by atoms with Gasteiger partial charge in [-0.25, -0.2) is 4.79 Å². The second-order valence-electron chi connectivity index (χ2n) is 7.96. The molecule has 1 amide bonds. The normalized spacial score (nSPS) is 16.7. The number of hydrogen-bond acceptors (Lipinski definition) is 5. The monoisotopic (exact) mass is 374 g/mol. The zero-order valence-electron chi connectivity index (χ0n) is 15.8. The van der Waals surface area contributed by atoms with Gasteiger partial charge in [0.2, 0.25) is 0 Å². The molecule has 7 heteroatoms. The molecule has 2 atom stereocenters. The molecule has 0 saturated heterocycles. The van der Waals surface area contributed by atoms with Gasteiger partial charge in [-0.1, -0.05) is 6.07 Å². The molecular formula is C20H26N2O5. The zero-order chi connectivity index (χ0) is 19.8. The van der Waals surface area contributed by atoms with E-state index in [4.69, 9.17) is 4.74 Å². The summed E-state index contributed by atoms with van der Waals surface area (Å²) in [6, 6.07) is 5.30. The highest BCUT2D eigenvalue weighted by molar-refractivity contribution is 6.03. The first-order valence-corrected chi connectivity index (χ1v) is 9.16. The highest BCUT2D eigenvalue weighted by Crippen LogP contribution is 2.31. The fourth-order valence-corrected chi connectivity index (χ4v) is 3.33. The number of H-pyrrole nitrogens is 1. The molecule has 7 nitrogen and oxygen atoms in total. The molecule has 146 valence electrons. The van der Waals surface area contributed by atoms with Gasteiger partial charge in [-0.05, 0) is 56.9 Å². The van der Waals surface area contributed by atoms with E-state index >= 15 is 0 Å². The number of aryl methyl sites for hydroxylation is 1. The quantitative estimate of drug-likeness (QED) is 0.657. The van der Waals surface area contributed by atoms with Gasteiger partial charge in [0.25, 0.3) is 0 Å². The predicted molar refractivity (Wildman–Crippen MR) is 101 cm³/mol. The summed E-state index contributed by atoms with van der Waals surface area (Å²) in [6.45, 7) is 5.10. The van der Waals surface area contributed by atoms with E-state index in [2.05, 4.69) is 10.3 Å². The number of aromatic nitrogens is 1. The SMILES string of the molecule is CC(C)(C)OC(=O)NCC(O)C(O)c1ccc2[nH]c3c(c2c1)CCCC3=O. The van der Waals surface area contributed by atoms with Crippen molar-refractivity contribution in [2.24, 2.45) is 0 Å². The number of nitrogens with one attached hydrogen (secondary N) is 2. The van der Waals surface area contributed by atoms with Gasteiger partial charge >= 0.3 is 6.09 Å². The summed E-state index contributed by atoms with van der Waals surface area (Å²) in [4.78, 5) is 26.9. The third-order valence-electron chi connectivity index (χ3n) is 4.60. The van der Waals surface area contributed by atoms with Crippen LogP contribution < -0.4 is 5.32 Å². The van der Waals surface area contributed by atoms with Gasteiger partial charge in [-0.2, -0.15) is 0 Å². The minimum absolute atomic E-state index is 0.108. The van der Waals surface area contributed by atoms with E-state index in [0.717, 1.165) is 29.3 Å². The van der Waals surface area contributed by atoms with Crippen LogP contribution in [-0.4, -0.2) is 45.3 Å². The average Bonchev–Trinajstić information content (AvgIpc) is 2.97. The number of ether oxygens (including phenoxy) is 1. The summed E-state index contributed by atoms with van der Waals surface area (Å²) in [6.07, 6.45) is -0.843. The first-order valence-electron chi connectivity index (χ1n) is 9.16. The second kappa shape index (κ2) is 7.32. The number of aromatic amines is 1. The molecule has 0 bridgehead atoms. The van der Waals surface area contributed by atoms with E-state index in [1.165, 1.54) is 0 Å². The van der Waals surface area contributed by atoms with Gasteiger partial charge in [-0.3, -0.25) is 4.79 Å². The van der Waals surface area contributed by atoms with Crippen molar-refractivity contribution < 1.29 is 24.5 Å². The molecule has 3 rings (SSSR count). The van der Waals surface area contributed by atoms with Crippen molar-refractivity contribution in [1.29, 1.82) is 0 Å². The van der Waals surface area contributed by atoms with Gasteiger partial charge in [0.1, 0.15) is 17.8 Å². The summed E-state index contributed by atoms with van der Waals surface area (Å²) in [7, 11) is 0. The summed E-state index contributed by atoms with van der Waals surface area (Å²) < 4.78 is 5.11. The molecule has 0 radical (unpaired) electrons. The third-order valence-corrected chi connectivity index (χ3v) is 4.60. The number of hydrogen-bond donors (Lipinski definition) is 4. The van der Waals surface area contributed by atoms with Crippen molar-refractivity contribution in [2.75, 3.05) is 6.54 Å². The van der Waals surface area contributed by atoms with Crippen LogP contribution in [0, 0.1) is 0 Å². The van der Waals surface area contributed by atoms with Crippen LogP contribution in [-0.2, 0) is 11.2 Å². The Balaban J connectivity index is 1.72. The number of amides is 1. The highest BCUT2D eigenvalue weighted by Gasteiger charge is 2.25. The van der Waals surface area contributed by atoms with Gasteiger partial charge < -0.3 is 25.3 Å². The van der Waals surface area contributed by atoms with Crippen LogP contribution in [0.1, 0.15) is 61.3 Å². The molecular weight excluding hydrogens is 348 g/mol. The van der Waals surface area contributed by atoms with Crippen LogP contribution >= 0.6 is 0 Å². The molecule has 2 aromatic rings. The number of alkyl carbamates (subject to hydrolysis) is 1. The maximum absolute atomic E-state index is 12.1. The zero-order valence-corrected chi connectivity index (χ0v) is 15.8. The minimum atomic E-state index is -1.19. The molecule has 0 saturated carbocycles. The second-order valence-corrected chi connectivity index (χ2v) is 7.96. The molecule has 1 aromatic heterocycles. The van der Waals surface area contributed by atoms with E-state index in [9.17, 15) is 19.8 Å². The number of benzene rings is 1. The number of fused-ring (bicyclic) bond motifs is 3. The van der Waals surface area contributed by atoms with E-state index in [1.807, 2.05) is 0 Å². The number of aliphatic hydroxyl groups is 2. The van der Waals surface area contributed by atoms with Gasteiger partial charge in [0, 0.05) is 23.9 Å². The molecule has 1 heterocycles. The van der Waals surface area contributed by atoms with Gasteiger partial charge in [0.15, 0.2) is 5.78 Å². The van der Waals surface area contributed by atoms with E-state index < -0.39 is 23.9 Å². The Bertz CT molecular complexity index is 865. The lowest BCUT2D eigenvalue weighted by molar-refractivity contribution is 0.0130. The van der Waals surface area contributed by atoms with Crippen LogP contribution in [0.4, 0.5) is 4.79 Å². The van der Waals surface area contributed by atoms with Crippen molar-refractivity contribution in [2.45, 2.75) is 57.8 Å². The summed E-state index contributed by atoms with van der Waals surface area (Å²) >= 11 is 0. The van der Waals surface area contributed by atoms with E-state index in [0.29, 0.717) is 17.7 Å². The van der Waals surface area contributed by atoms with Crippen molar-refractivity contribution in [1.82, 2.24) is 10.3 Å². The van der Waals surface area contributed by atoms with Crippen LogP contribution in [0.3, 0.4) is 0 Å². The van der Waals surface area contributed by atoms with Crippen LogP contribution in [0.2, 0.25) is 0 Å². The summed E-state index contributed by atoms with van der Waals surface area (Å²) in [5, 5.41) is 24.1. The van der Waals surface area contributed by atoms with Gasteiger partial charge in [0.05, 0.1) is 5.69 Å². The Morgan fingerprint density at radius 2 is 2.04 bits per heavy atom. The average molecular weight is 374 g/mol. The summed E-state index contributed by atoms with van der Waals surface area (Å²) in [5.41, 5.74) is 2.35. The maximum Gasteiger partial charge on any atom is 0.407 e. The van der Waals surface area contributed by atoms with Crippen molar-refractivity contribution >= 4 is 22.8 Å². The smallest absolute Gasteiger partial charge is 0.407 e. The standard InChI is InChI=1S/C20H26N2O5/c1-20(2,3)27-19(26)21-10-16(24)18(25)11-7-8-14-13(9-11)12-5-4-6-15(23)17(12)22-14/h7-9,16,18,22,24-25H,4-6,10H2,1-3H3,(H,21,26). The molecule has 2 unspecified atom stereocenters. The highest BCUT2D eigenvalue weighted by atomic mass is 16.6. The predicted octanol–water partition coefficient (Wildman–Crippen LogP) is 2.61. The molecule has 0 spiro atoms. The Morgan fingerprint density at radius 3 is 2.74 bits per heavy atom. The topological polar surface area (TPSA) is 112 Å². The number of rotatable bonds is 4. The van der Waals surface area contributed by atoms with Gasteiger partial charge in [-0.15, -0.1) is 0 Å². The first kappa shape index (κ1) is 19.4. The third kappa shape index (κ3) is 4.31. The number of carbonyl (C=O) groups is 2. The minimum Gasteiger partial charge on any atom is -0.444 e. The van der Waals surface area contributed by atoms with Crippen LogP contribution in [0.5, 0.6) is 0 Å². The molecule has 0 aliphatic heterocycles. The molecule has 1 aliphatic carbocycles. The lowest BCUT2D eigenvalue weighted by Crippen LogP contribution is -2.38. The number of aliphatic hydroxyl groups excluding tert-OH is 2. The summed E-state index contributed by atoms with van der Waals surface area (Å²) in [5.74, 6) is 0.108. The Kier molecular flexibility index (Phi) is 5.26. The fourth-order valence-electron chi connectivity index (χ4n) is 3.33. The van der Waals surface area contributed by atoms with Crippen LogP contribution in [0.15, 0.2) is 18.2 Å². The Morgan fingerprint density at radius 1 is 1.30 bits per heavy atom. The fraction of sp³-hybridized carbons (Fsp3) is 0.500. The number of Topliss-reactive ketones (excluding diaryl/α,β-unsaturated/α-hetero) is 1. The Hall–Kier alpha value is -2.38. The number of ketones is 1. The molecule has 0 fully saturated rings. The molecule has 1 aliphatic rings. The maximum atomic E-state index is 12.1.